The van der Waals surface area contributed by atoms with Crippen LogP contribution in [0.2, 0.25) is 0 Å². The van der Waals surface area contributed by atoms with Crippen LogP contribution in [0.4, 0.5) is 5.69 Å². The van der Waals surface area contributed by atoms with Gasteiger partial charge < -0.3 is 4.90 Å². The van der Waals surface area contributed by atoms with E-state index in [9.17, 15) is 9.59 Å². The molecule has 0 radical (unpaired) electrons. The highest BCUT2D eigenvalue weighted by Gasteiger charge is 2.73. The first-order chi connectivity index (χ1) is 10.3. The van der Waals surface area contributed by atoms with E-state index >= 15 is 0 Å². The molecule has 1 aromatic rings. The van der Waals surface area contributed by atoms with Crippen LogP contribution in [-0.4, -0.2) is 18.2 Å². The third-order valence-corrected chi connectivity index (χ3v) is 6.74. The summed E-state index contributed by atoms with van der Waals surface area (Å²) in [6.45, 7) is 8.91. The van der Waals surface area contributed by atoms with Gasteiger partial charge in [0.15, 0.2) is 0 Å². The number of carbonyl (C=O) groups is 2. The molecule has 1 amide bonds. The van der Waals surface area contributed by atoms with Crippen molar-refractivity contribution in [2.45, 2.75) is 47.0 Å². The number of hydrogen-bond acceptors (Lipinski definition) is 2. The average molecular weight is 299 g/mol. The summed E-state index contributed by atoms with van der Waals surface area (Å²) in [6, 6.07) is 9.79. The van der Waals surface area contributed by atoms with Crippen LogP contribution in [0.5, 0.6) is 0 Å². The monoisotopic (exact) mass is 299 g/mol. The van der Waals surface area contributed by atoms with Crippen LogP contribution < -0.4 is 4.90 Å². The summed E-state index contributed by atoms with van der Waals surface area (Å²) in [5, 5.41) is 0. The highest BCUT2D eigenvalue weighted by Crippen LogP contribution is 2.71. The molecule has 0 unspecified atom stereocenters. The summed E-state index contributed by atoms with van der Waals surface area (Å²) in [6.07, 6.45) is 2.06. The van der Waals surface area contributed by atoms with E-state index in [1.165, 1.54) is 0 Å². The summed E-state index contributed by atoms with van der Waals surface area (Å²) in [5.74, 6) is 0.391. The highest BCUT2D eigenvalue weighted by molar-refractivity contribution is 6.05. The zero-order chi connectivity index (χ0) is 16.2. The number of carbonyl (C=O) groups excluding carboxylic acids is 2. The molecule has 0 N–H and O–H groups in total. The predicted molar refractivity (Wildman–Crippen MR) is 87.6 cm³/mol. The summed E-state index contributed by atoms with van der Waals surface area (Å²) in [5.41, 5.74) is -0.243. The highest BCUT2D eigenvalue weighted by atomic mass is 16.2. The van der Waals surface area contributed by atoms with Crippen LogP contribution in [0.3, 0.4) is 0 Å². The van der Waals surface area contributed by atoms with Crippen molar-refractivity contribution < 1.29 is 9.59 Å². The molecule has 0 spiro atoms. The molecule has 3 heteroatoms. The van der Waals surface area contributed by atoms with Crippen molar-refractivity contribution in [3.63, 3.8) is 0 Å². The minimum Gasteiger partial charge on any atom is -0.312 e. The van der Waals surface area contributed by atoms with E-state index in [1.54, 1.807) is 0 Å². The van der Waals surface area contributed by atoms with Crippen molar-refractivity contribution in [1.82, 2.24) is 0 Å². The number of benzene rings is 1. The lowest BCUT2D eigenvalue weighted by Crippen LogP contribution is -2.48. The van der Waals surface area contributed by atoms with Gasteiger partial charge in [0.2, 0.25) is 5.91 Å². The van der Waals surface area contributed by atoms with Gasteiger partial charge >= 0.3 is 0 Å². The van der Waals surface area contributed by atoms with Gasteiger partial charge in [0, 0.05) is 24.1 Å². The van der Waals surface area contributed by atoms with Gasteiger partial charge in [-0.25, -0.2) is 0 Å². The number of rotatable bonds is 3. The van der Waals surface area contributed by atoms with Gasteiger partial charge in [-0.15, -0.1) is 0 Å². The zero-order valence-electron chi connectivity index (χ0n) is 14.0. The second kappa shape index (κ2) is 4.68. The first kappa shape index (κ1) is 15.3. The van der Waals surface area contributed by atoms with Gasteiger partial charge in [0.05, 0.1) is 5.41 Å². The lowest BCUT2D eigenvalue weighted by Gasteiger charge is -2.41. The minimum atomic E-state index is -0.537. The normalized spacial score (nSPS) is 32.3. The number of amides is 1. The third kappa shape index (κ3) is 1.62. The fourth-order valence-corrected chi connectivity index (χ4v) is 4.64. The Morgan fingerprint density at radius 1 is 1.14 bits per heavy atom. The molecule has 0 heterocycles. The van der Waals surface area contributed by atoms with Crippen molar-refractivity contribution in [2.75, 3.05) is 11.4 Å². The van der Waals surface area contributed by atoms with Crippen LogP contribution in [0.25, 0.3) is 0 Å². The van der Waals surface area contributed by atoms with Crippen molar-refractivity contribution in [3.8, 4) is 0 Å². The summed E-state index contributed by atoms with van der Waals surface area (Å²) in [4.78, 5) is 27.8. The molecule has 2 fully saturated rings. The molecule has 2 aliphatic carbocycles. The summed E-state index contributed by atoms with van der Waals surface area (Å²) in [7, 11) is 0. The molecule has 3 rings (SSSR count). The molecular formula is C19H25NO2. The van der Waals surface area contributed by atoms with Gasteiger partial charge in [-0.05, 0) is 37.3 Å². The second-order valence-electron chi connectivity index (χ2n) is 7.52. The smallest absolute Gasteiger partial charge is 0.234 e. The molecule has 0 aliphatic heterocycles. The third-order valence-electron chi connectivity index (χ3n) is 6.74. The maximum Gasteiger partial charge on any atom is 0.234 e. The van der Waals surface area contributed by atoms with Crippen molar-refractivity contribution in [1.29, 1.82) is 0 Å². The topological polar surface area (TPSA) is 37.4 Å². The molecule has 0 aromatic heterocycles. The maximum atomic E-state index is 13.4. The molecule has 2 atom stereocenters. The molecule has 3 nitrogen and oxygen atoms in total. The Hall–Kier alpha value is -1.64. The Morgan fingerprint density at radius 3 is 2.23 bits per heavy atom. The van der Waals surface area contributed by atoms with Crippen LogP contribution >= 0.6 is 0 Å². The van der Waals surface area contributed by atoms with E-state index in [1.807, 2.05) is 42.2 Å². The molecule has 1 aromatic carbocycles. The second-order valence-corrected chi connectivity index (χ2v) is 7.52. The van der Waals surface area contributed by atoms with Crippen LogP contribution in [0.1, 0.15) is 47.0 Å². The fourth-order valence-electron chi connectivity index (χ4n) is 4.64. The van der Waals surface area contributed by atoms with E-state index in [-0.39, 0.29) is 22.5 Å². The van der Waals surface area contributed by atoms with Gasteiger partial charge in [0.25, 0.3) is 0 Å². The minimum absolute atomic E-state index is 0.126. The van der Waals surface area contributed by atoms with Gasteiger partial charge in [-0.2, -0.15) is 0 Å². The Balaban J connectivity index is 2.03. The lowest BCUT2D eigenvalue weighted by molar-refractivity contribution is -0.134. The standard InChI is InChI=1S/C19H25NO2/c1-5-20(14-9-7-6-8-10-14)16(22)19-12-11-18(4,15(21)13-19)17(19,2)3/h6-10H,5,11-13H2,1-4H3/t18-,19+/m0/s1. The Morgan fingerprint density at radius 2 is 1.77 bits per heavy atom. The number of Topliss-reactive ketones (excluding diaryl/α,β-unsaturated/α-hetero) is 1. The number of fused-ring (bicyclic) bond motifs is 2. The average Bonchev–Trinajstić information content (AvgIpc) is 2.79. The van der Waals surface area contributed by atoms with Gasteiger partial charge in [-0.1, -0.05) is 39.0 Å². The van der Waals surface area contributed by atoms with E-state index in [0.29, 0.717) is 13.0 Å². The van der Waals surface area contributed by atoms with Crippen LogP contribution in [0.15, 0.2) is 30.3 Å². The zero-order valence-corrected chi connectivity index (χ0v) is 14.0. The van der Waals surface area contributed by atoms with E-state index in [2.05, 4.69) is 20.8 Å². The van der Waals surface area contributed by atoms with E-state index < -0.39 is 5.41 Å². The first-order valence-corrected chi connectivity index (χ1v) is 8.20. The van der Waals surface area contributed by atoms with Crippen molar-refractivity contribution in [3.05, 3.63) is 30.3 Å². The van der Waals surface area contributed by atoms with E-state index in [0.717, 1.165) is 18.5 Å². The summed E-state index contributed by atoms with van der Waals surface area (Å²) < 4.78 is 0. The fraction of sp³-hybridized carbons (Fsp3) is 0.579. The largest absolute Gasteiger partial charge is 0.312 e. The molecule has 2 aliphatic rings. The quantitative estimate of drug-likeness (QED) is 0.850. The maximum absolute atomic E-state index is 13.4. The number of ketones is 1. The molecule has 2 saturated carbocycles. The number of nitrogens with zero attached hydrogens (tertiary/aromatic N) is 1. The molecule has 118 valence electrons. The Labute approximate surface area is 132 Å². The Kier molecular flexibility index (Phi) is 3.24. The van der Waals surface area contributed by atoms with Gasteiger partial charge in [0.1, 0.15) is 5.78 Å². The van der Waals surface area contributed by atoms with Crippen molar-refractivity contribution in [2.24, 2.45) is 16.2 Å². The number of anilines is 1. The van der Waals surface area contributed by atoms with Crippen LogP contribution in [0, 0.1) is 16.2 Å². The Bertz CT molecular complexity index is 622. The van der Waals surface area contributed by atoms with E-state index in [4.69, 9.17) is 0 Å². The number of para-hydroxylation sites is 1. The molecular weight excluding hydrogens is 274 g/mol. The predicted octanol–water partition coefficient (Wildman–Crippen LogP) is 3.83. The number of hydrogen-bond donors (Lipinski definition) is 0. The molecule has 22 heavy (non-hydrogen) atoms. The van der Waals surface area contributed by atoms with Crippen molar-refractivity contribution >= 4 is 17.4 Å². The molecule has 2 bridgehead atoms. The first-order valence-electron chi connectivity index (χ1n) is 8.20. The van der Waals surface area contributed by atoms with Crippen LogP contribution in [-0.2, 0) is 9.59 Å². The summed E-state index contributed by atoms with van der Waals surface area (Å²) >= 11 is 0. The lowest BCUT2D eigenvalue weighted by atomic mass is 9.64. The van der Waals surface area contributed by atoms with Gasteiger partial charge in [-0.3, -0.25) is 9.59 Å². The molecule has 0 saturated heterocycles. The SMILES string of the molecule is CCN(C(=O)[C@@]12CC[C@@](C)(C(=O)C1)C2(C)C)c1ccccc1.